The number of carbonyl (C=O) groups is 1. The summed E-state index contributed by atoms with van der Waals surface area (Å²) in [6.07, 6.45) is 3.34. The van der Waals surface area contributed by atoms with Crippen molar-refractivity contribution in [2.45, 2.75) is 18.7 Å². The van der Waals surface area contributed by atoms with Gasteiger partial charge in [-0.15, -0.1) is 0 Å². The first-order chi connectivity index (χ1) is 15.4. The van der Waals surface area contributed by atoms with E-state index in [1.165, 1.54) is 4.31 Å². The lowest BCUT2D eigenvalue weighted by Gasteiger charge is -2.33. The van der Waals surface area contributed by atoms with E-state index < -0.39 is 10.0 Å². The molecule has 0 radical (unpaired) electrons. The molecule has 2 heterocycles. The van der Waals surface area contributed by atoms with Crippen LogP contribution in [0.1, 0.15) is 17.0 Å². The second kappa shape index (κ2) is 9.10. The Morgan fingerprint density at radius 1 is 0.969 bits per heavy atom. The van der Waals surface area contributed by atoms with Gasteiger partial charge in [0, 0.05) is 32.3 Å². The second-order valence-electron chi connectivity index (χ2n) is 7.71. The van der Waals surface area contributed by atoms with Crippen LogP contribution in [-0.2, 0) is 14.8 Å². The van der Waals surface area contributed by atoms with E-state index in [0.29, 0.717) is 18.8 Å². The lowest BCUT2D eigenvalue weighted by atomic mass is 10.0. The largest absolute Gasteiger partial charge is 0.360 e. The third-order valence-corrected chi connectivity index (χ3v) is 7.67. The van der Waals surface area contributed by atoms with Crippen molar-refractivity contribution in [3.05, 3.63) is 77.7 Å². The standard InChI is InChI=1S/C24H25N3O4S/c1-18-24(19(2)31-25-18)32(29,30)27-15-13-26(14-16-27)23(28)12-11-20-7-6-10-22(17-20)21-8-4-3-5-9-21/h3-12,17H,13-16H2,1-2H3. The highest BCUT2D eigenvalue weighted by Crippen LogP contribution is 2.24. The van der Waals surface area contributed by atoms with Gasteiger partial charge >= 0.3 is 0 Å². The Hall–Kier alpha value is -3.23. The molecule has 0 bridgehead atoms. The van der Waals surface area contributed by atoms with E-state index >= 15 is 0 Å². The highest BCUT2D eigenvalue weighted by atomic mass is 32.2. The molecule has 32 heavy (non-hydrogen) atoms. The van der Waals surface area contributed by atoms with Crippen LogP contribution in [0.3, 0.4) is 0 Å². The molecule has 166 valence electrons. The normalized spacial score (nSPS) is 15.4. The van der Waals surface area contributed by atoms with Crippen LogP contribution in [0, 0.1) is 13.8 Å². The van der Waals surface area contributed by atoms with Crippen molar-refractivity contribution in [1.82, 2.24) is 14.4 Å². The van der Waals surface area contributed by atoms with Crippen molar-refractivity contribution >= 4 is 22.0 Å². The Labute approximate surface area is 188 Å². The molecule has 1 amide bonds. The predicted molar refractivity (Wildman–Crippen MR) is 122 cm³/mol. The molecule has 0 saturated carbocycles. The molecule has 0 N–H and O–H groups in total. The molecule has 0 unspecified atom stereocenters. The summed E-state index contributed by atoms with van der Waals surface area (Å²) >= 11 is 0. The number of sulfonamides is 1. The van der Waals surface area contributed by atoms with Crippen LogP contribution in [0.15, 0.2) is 70.1 Å². The monoisotopic (exact) mass is 451 g/mol. The van der Waals surface area contributed by atoms with Crippen molar-refractivity contribution < 1.29 is 17.7 Å². The number of hydrogen-bond donors (Lipinski definition) is 0. The van der Waals surface area contributed by atoms with Crippen molar-refractivity contribution in [1.29, 1.82) is 0 Å². The van der Waals surface area contributed by atoms with Crippen LogP contribution < -0.4 is 0 Å². The van der Waals surface area contributed by atoms with Gasteiger partial charge < -0.3 is 9.42 Å². The minimum atomic E-state index is -3.69. The van der Waals surface area contributed by atoms with E-state index in [1.54, 1.807) is 30.9 Å². The molecular formula is C24H25N3O4S. The smallest absolute Gasteiger partial charge is 0.248 e. The zero-order valence-electron chi connectivity index (χ0n) is 18.1. The zero-order chi connectivity index (χ0) is 22.7. The van der Waals surface area contributed by atoms with Crippen LogP contribution in [0.4, 0.5) is 0 Å². The summed E-state index contributed by atoms with van der Waals surface area (Å²) in [5.41, 5.74) is 3.48. The summed E-state index contributed by atoms with van der Waals surface area (Å²) < 4.78 is 32.3. The fraction of sp³-hybridized carbons (Fsp3) is 0.250. The van der Waals surface area contributed by atoms with Crippen molar-refractivity contribution in [3.8, 4) is 11.1 Å². The molecule has 0 aliphatic carbocycles. The van der Waals surface area contributed by atoms with Crippen LogP contribution >= 0.6 is 0 Å². The Kier molecular flexibility index (Phi) is 6.25. The number of aryl methyl sites for hydroxylation is 2. The second-order valence-corrected chi connectivity index (χ2v) is 9.58. The van der Waals surface area contributed by atoms with Crippen molar-refractivity contribution in [2.75, 3.05) is 26.2 Å². The minimum Gasteiger partial charge on any atom is -0.360 e. The molecule has 7 nitrogen and oxygen atoms in total. The zero-order valence-corrected chi connectivity index (χ0v) is 18.9. The fourth-order valence-corrected chi connectivity index (χ4v) is 5.56. The van der Waals surface area contributed by atoms with Gasteiger partial charge in [0.05, 0.1) is 0 Å². The van der Waals surface area contributed by atoms with E-state index in [-0.39, 0.29) is 29.7 Å². The van der Waals surface area contributed by atoms with Gasteiger partial charge in [0.25, 0.3) is 0 Å². The Bertz CT molecular complexity index is 1220. The number of benzene rings is 2. The van der Waals surface area contributed by atoms with Gasteiger partial charge in [-0.1, -0.05) is 53.7 Å². The molecular weight excluding hydrogens is 426 g/mol. The van der Waals surface area contributed by atoms with Gasteiger partial charge in [0.1, 0.15) is 10.6 Å². The van der Waals surface area contributed by atoms with E-state index in [0.717, 1.165) is 16.7 Å². The number of carbonyl (C=O) groups excluding carboxylic acids is 1. The lowest BCUT2D eigenvalue weighted by molar-refractivity contribution is -0.127. The molecule has 1 fully saturated rings. The SMILES string of the molecule is Cc1noc(C)c1S(=O)(=O)N1CCN(C(=O)C=Cc2cccc(-c3ccccc3)c2)CC1. The summed E-state index contributed by atoms with van der Waals surface area (Å²) in [5, 5.41) is 3.74. The molecule has 1 saturated heterocycles. The van der Waals surface area contributed by atoms with Gasteiger partial charge in [0.15, 0.2) is 5.76 Å². The third-order valence-electron chi connectivity index (χ3n) is 5.53. The quantitative estimate of drug-likeness (QED) is 0.555. The summed E-state index contributed by atoms with van der Waals surface area (Å²) in [4.78, 5) is 14.5. The number of hydrogen-bond acceptors (Lipinski definition) is 5. The molecule has 1 aliphatic rings. The van der Waals surface area contributed by atoms with Crippen LogP contribution in [0.2, 0.25) is 0 Å². The van der Waals surface area contributed by atoms with E-state index in [9.17, 15) is 13.2 Å². The van der Waals surface area contributed by atoms with Gasteiger partial charge in [-0.3, -0.25) is 4.79 Å². The molecule has 3 aromatic rings. The van der Waals surface area contributed by atoms with Gasteiger partial charge in [-0.25, -0.2) is 8.42 Å². The summed E-state index contributed by atoms with van der Waals surface area (Å²) in [7, 11) is -3.69. The molecule has 8 heteroatoms. The van der Waals surface area contributed by atoms with Gasteiger partial charge in [0.2, 0.25) is 15.9 Å². The fourth-order valence-electron chi connectivity index (χ4n) is 3.85. The average molecular weight is 452 g/mol. The maximum Gasteiger partial charge on any atom is 0.248 e. The maximum atomic E-state index is 12.9. The first kappa shape index (κ1) is 22.0. The van der Waals surface area contributed by atoms with Gasteiger partial charge in [-0.05, 0) is 42.7 Å². The molecule has 1 aliphatic heterocycles. The molecule has 0 spiro atoms. The Morgan fingerprint density at radius 2 is 1.66 bits per heavy atom. The van der Waals surface area contributed by atoms with Crippen LogP contribution in [-0.4, -0.2) is 54.9 Å². The van der Waals surface area contributed by atoms with E-state index in [4.69, 9.17) is 4.52 Å². The minimum absolute atomic E-state index is 0.121. The van der Waals surface area contributed by atoms with E-state index in [1.807, 2.05) is 54.6 Å². The van der Waals surface area contributed by atoms with Crippen LogP contribution in [0.5, 0.6) is 0 Å². The molecule has 4 rings (SSSR count). The summed E-state index contributed by atoms with van der Waals surface area (Å²) in [5.74, 6) is 0.145. The van der Waals surface area contributed by atoms with E-state index in [2.05, 4.69) is 5.16 Å². The topological polar surface area (TPSA) is 83.7 Å². The number of rotatable bonds is 5. The first-order valence-electron chi connectivity index (χ1n) is 10.4. The first-order valence-corrected chi connectivity index (χ1v) is 11.9. The van der Waals surface area contributed by atoms with Crippen LogP contribution in [0.25, 0.3) is 17.2 Å². The maximum absolute atomic E-state index is 12.9. The number of nitrogens with zero attached hydrogens (tertiary/aromatic N) is 3. The Balaban J connectivity index is 1.40. The van der Waals surface area contributed by atoms with Gasteiger partial charge in [-0.2, -0.15) is 4.31 Å². The highest BCUT2D eigenvalue weighted by molar-refractivity contribution is 7.89. The average Bonchev–Trinajstić information content (AvgIpc) is 3.17. The number of amides is 1. The number of piperazine rings is 1. The highest BCUT2D eigenvalue weighted by Gasteiger charge is 2.33. The Morgan fingerprint density at radius 3 is 2.31 bits per heavy atom. The lowest BCUT2D eigenvalue weighted by Crippen LogP contribution is -2.50. The molecule has 2 aromatic carbocycles. The number of aromatic nitrogens is 1. The summed E-state index contributed by atoms with van der Waals surface area (Å²) in [6, 6.07) is 18.0. The van der Waals surface area contributed by atoms with Crippen molar-refractivity contribution in [3.63, 3.8) is 0 Å². The van der Waals surface area contributed by atoms with Crippen molar-refractivity contribution in [2.24, 2.45) is 0 Å². The molecule has 1 aromatic heterocycles. The molecule has 0 atom stereocenters. The summed E-state index contributed by atoms with van der Waals surface area (Å²) in [6.45, 7) is 4.32. The third kappa shape index (κ3) is 4.51. The predicted octanol–water partition coefficient (Wildman–Crippen LogP) is 3.50.